The Kier molecular flexibility index (Phi) is 10.8. The normalized spacial score (nSPS) is 11.8. The van der Waals surface area contributed by atoms with E-state index in [0.29, 0.717) is 0 Å². The van der Waals surface area contributed by atoms with Crippen molar-refractivity contribution < 1.29 is 0 Å². The fourth-order valence-corrected chi connectivity index (χ4v) is 14.6. The van der Waals surface area contributed by atoms with Crippen LogP contribution in [-0.2, 0) is 11.8 Å². The molecule has 334 valence electrons. The number of nitrogens with zero attached hydrogens (tertiary/aromatic N) is 2. The van der Waals surface area contributed by atoms with Gasteiger partial charge in [0.2, 0.25) is 0 Å². The molecule has 12 aromatic carbocycles. The van der Waals surface area contributed by atoms with E-state index in [1.165, 1.54) is 92.0 Å². The molecule has 14 aromatic rings. The minimum Gasteiger partial charge on any atom is -0.246 e. The summed E-state index contributed by atoms with van der Waals surface area (Å²) in [5.41, 5.74) is 9.03. The molecule has 0 radical (unpaired) electrons. The minimum absolute atomic E-state index is 1.04. The van der Waals surface area contributed by atoms with Crippen LogP contribution in [0.4, 0.5) is 0 Å². The van der Waals surface area contributed by atoms with Crippen LogP contribution in [0.5, 0.6) is 0 Å². The first-order chi connectivity index (χ1) is 35.0. The summed E-state index contributed by atoms with van der Waals surface area (Å²) < 4.78 is 1.08. The van der Waals surface area contributed by atoms with Gasteiger partial charge in [-0.05, 0) is 60.7 Å². The molecular weight excluding hydrogens is 964 g/mol. The summed E-state index contributed by atoms with van der Waals surface area (Å²) in [5, 5.41) is 17.9. The van der Waals surface area contributed by atoms with E-state index in [-0.39, 0.29) is 0 Å². The largest absolute Gasteiger partial charge is 0.246 e. The Hall–Kier alpha value is -7.85. The van der Waals surface area contributed by atoms with E-state index in [1.807, 2.05) is 0 Å². The Morgan fingerprint density at radius 2 is 0.549 bits per heavy atom. The van der Waals surface area contributed by atoms with Crippen molar-refractivity contribution >= 4 is 136 Å². The molecule has 0 amide bonds. The molecule has 2 heterocycles. The number of benzene rings is 12. The molecule has 2 aromatic heterocycles. The van der Waals surface area contributed by atoms with Crippen LogP contribution in [0.2, 0.25) is 0 Å². The van der Waals surface area contributed by atoms with Crippen LogP contribution >= 0.6 is 22.0 Å². The number of rotatable bonds is 5. The summed E-state index contributed by atoms with van der Waals surface area (Å²) in [7, 11) is 0. The quantitative estimate of drug-likeness (QED) is 0.0976. The van der Waals surface area contributed by atoms with E-state index in [1.54, 1.807) is 0 Å². The van der Waals surface area contributed by atoms with Crippen LogP contribution in [0.25, 0.3) is 109 Å². The van der Waals surface area contributed by atoms with E-state index in [9.17, 15) is 0 Å². The highest BCUT2D eigenvalue weighted by atomic mass is 79.9. The zero-order valence-electron chi connectivity index (χ0n) is 38.4. The fourth-order valence-electron chi connectivity index (χ4n) is 10.6. The summed E-state index contributed by atoms with van der Waals surface area (Å²) in [6, 6.07) is 88.5. The van der Waals surface area contributed by atoms with Crippen molar-refractivity contribution in [3.8, 4) is 22.3 Å². The van der Waals surface area contributed by atoms with Crippen molar-refractivity contribution in [1.29, 1.82) is 0 Å². The van der Waals surface area contributed by atoms with Gasteiger partial charge in [0.05, 0.1) is 22.1 Å². The maximum absolute atomic E-state index is 6.62. The molecule has 14 rings (SSSR count). The zero-order valence-corrected chi connectivity index (χ0v) is 41.7. The Morgan fingerprint density at radius 3 is 0.887 bits per heavy atom. The number of fused-ring (bicyclic) bond motifs is 12. The second-order valence-corrected chi connectivity index (χ2v) is 23.4. The highest BCUT2D eigenvalue weighted by Crippen LogP contribution is 2.45. The molecule has 71 heavy (non-hydrogen) atoms. The topological polar surface area (TPSA) is 25.8 Å². The Balaban J connectivity index is 0.000000148. The predicted octanol–water partition coefficient (Wildman–Crippen LogP) is 17.2. The lowest BCUT2D eigenvalue weighted by atomic mass is 9.92. The van der Waals surface area contributed by atoms with Gasteiger partial charge in [0.15, 0.2) is 0 Å². The van der Waals surface area contributed by atoms with E-state index in [0.717, 1.165) is 37.3 Å². The van der Waals surface area contributed by atoms with Crippen molar-refractivity contribution in [2.24, 2.45) is 0 Å². The Morgan fingerprint density at radius 1 is 0.268 bits per heavy atom. The van der Waals surface area contributed by atoms with Crippen LogP contribution in [0.15, 0.2) is 259 Å². The highest BCUT2D eigenvalue weighted by molar-refractivity contribution is 9.10. The summed E-state index contributed by atoms with van der Waals surface area (Å²) in [6.07, 6.45) is 0. The molecule has 0 atom stereocenters. The lowest BCUT2D eigenvalue weighted by Crippen LogP contribution is -2.24. The first-order valence-corrected chi connectivity index (χ1v) is 27.4. The first kappa shape index (κ1) is 43.2. The second kappa shape index (κ2) is 17.8. The van der Waals surface area contributed by atoms with Gasteiger partial charge in [0, 0.05) is 64.7 Å². The zero-order chi connectivity index (χ0) is 47.5. The second-order valence-electron chi connectivity index (χ2n) is 18.0. The summed E-state index contributed by atoms with van der Waals surface area (Å²) in [4.78, 5) is 10.6. The molecule has 0 N–H and O–H groups in total. The monoisotopic (exact) mass is 1000 g/mol. The fraction of sp³-hybridized carbons (Fsp3) is 0. The predicted molar refractivity (Wildman–Crippen MR) is 313 cm³/mol. The Labute approximate surface area is 425 Å². The van der Waals surface area contributed by atoms with Crippen LogP contribution in [0, 0.1) is 0 Å². The first-order valence-electron chi connectivity index (χ1n) is 23.9. The van der Waals surface area contributed by atoms with Gasteiger partial charge in [-0.25, -0.2) is 9.97 Å². The van der Waals surface area contributed by atoms with Crippen molar-refractivity contribution in [2.45, 2.75) is 0 Å². The number of hydrogen-bond donors (Lipinski definition) is 0. The standard InChI is InChI=1S/C39H26NPS.C27H16BrN/c42-41(30-13-3-1-4-14-30,31-15-5-2-6-16-31)32-23-19-29(20-24-32)37-35-25-21-27-11-7-9-17-33(27)38(35)40-39-34-18-10-8-12-28(34)22-26-36(37)39;28-20-13-9-19(10-14-20)25-23-15-11-17-5-1-3-7-21(17)26(23)29-27-22-8-4-2-6-18(22)12-16-24(25)27/h1-26H;1-16H. The van der Waals surface area contributed by atoms with Gasteiger partial charge in [-0.1, -0.05) is 270 Å². The van der Waals surface area contributed by atoms with Gasteiger partial charge >= 0.3 is 0 Å². The molecule has 5 heteroatoms. The molecule has 0 saturated carbocycles. The van der Waals surface area contributed by atoms with Crippen molar-refractivity contribution in [3.05, 3.63) is 259 Å². The summed E-state index contributed by atoms with van der Waals surface area (Å²) >= 11 is 10.2. The van der Waals surface area contributed by atoms with Gasteiger partial charge in [-0.2, -0.15) is 0 Å². The number of halogens is 1. The molecular formula is C66H42BrN2PS. The lowest BCUT2D eigenvalue weighted by Gasteiger charge is -2.24. The van der Waals surface area contributed by atoms with E-state index < -0.39 is 6.04 Å². The van der Waals surface area contributed by atoms with Gasteiger partial charge in [0.25, 0.3) is 0 Å². The molecule has 0 saturated heterocycles. The van der Waals surface area contributed by atoms with Gasteiger partial charge in [0.1, 0.15) is 0 Å². The molecule has 0 aliphatic heterocycles. The van der Waals surface area contributed by atoms with Crippen LogP contribution in [-0.4, -0.2) is 9.97 Å². The third-order valence-corrected chi connectivity index (χ3v) is 19.5. The average molecular weight is 1010 g/mol. The maximum atomic E-state index is 6.62. The van der Waals surface area contributed by atoms with Crippen LogP contribution in [0.1, 0.15) is 0 Å². The smallest absolute Gasteiger partial charge is 0.0794 e. The number of hydrogen-bond acceptors (Lipinski definition) is 3. The molecule has 0 unspecified atom stereocenters. The van der Waals surface area contributed by atoms with Crippen molar-refractivity contribution in [3.63, 3.8) is 0 Å². The van der Waals surface area contributed by atoms with Crippen molar-refractivity contribution in [2.75, 3.05) is 0 Å². The minimum atomic E-state index is -2.23. The van der Waals surface area contributed by atoms with Crippen LogP contribution in [0.3, 0.4) is 0 Å². The number of aromatic nitrogens is 2. The molecule has 0 spiro atoms. The van der Waals surface area contributed by atoms with Crippen molar-refractivity contribution in [1.82, 2.24) is 9.97 Å². The molecule has 0 fully saturated rings. The third-order valence-electron chi connectivity index (χ3n) is 14.0. The Bertz CT molecular complexity index is 4200. The molecule has 0 aliphatic carbocycles. The van der Waals surface area contributed by atoms with Crippen LogP contribution < -0.4 is 15.9 Å². The lowest BCUT2D eigenvalue weighted by molar-refractivity contribution is 1.53. The third kappa shape index (κ3) is 7.41. The molecule has 0 bridgehead atoms. The van der Waals surface area contributed by atoms with Gasteiger partial charge < -0.3 is 0 Å². The number of pyridine rings is 2. The summed E-state index contributed by atoms with van der Waals surface area (Å²) in [6.45, 7) is 0. The average Bonchev–Trinajstić information content (AvgIpc) is 3.44. The summed E-state index contributed by atoms with van der Waals surface area (Å²) in [5.74, 6) is 0. The molecule has 0 aliphatic rings. The van der Waals surface area contributed by atoms with E-state index in [4.69, 9.17) is 21.8 Å². The van der Waals surface area contributed by atoms with E-state index >= 15 is 0 Å². The van der Waals surface area contributed by atoms with E-state index in [2.05, 4.69) is 271 Å². The highest BCUT2D eigenvalue weighted by Gasteiger charge is 2.25. The van der Waals surface area contributed by atoms with Gasteiger partial charge in [-0.3, -0.25) is 0 Å². The van der Waals surface area contributed by atoms with Gasteiger partial charge in [-0.15, -0.1) is 0 Å². The maximum Gasteiger partial charge on any atom is 0.0794 e. The SMILES string of the molecule is Brc1ccc(-c2c3ccc4ccccc4c3nc3c2ccc2ccccc23)cc1.S=P(c1ccccc1)(c1ccccc1)c1ccc(-c2c3ccc4ccccc4c3nc3c2ccc2ccccc23)cc1. The molecule has 2 nitrogen and oxygen atoms in total.